The molecule has 1 saturated heterocycles. The normalized spacial score (nSPS) is 23.2. The molecule has 2 aliphatic heterocycles. The van der Waals surface area contributed by atoms with E-state index in [9.17, 15) is 4.79 Å². The fourth-order valence-corrected chi connectivity index (χ4v) is 3.71. The van der Waals surface area contributed by atoms with Crippen molar-refractivity contribution in [3.8, 4) is 0 Å². The lowest BCUT2D eigenvalue weighted by molar-refractivity contribution is -0.0164. The summed E-state index contributed by atoms with van der Waals surface area (Å²) in [5.41, 5.74) is 0.658. The van der Waals surface area contributed by atoms with E-state index in [-0.39, 0.29) is 18.1 Å². The van der Waals surface area contributed by atoms with Gasteiger partial charge in [-0.15, -0.1) is 0 Å². The molecule has 4 heterocycles. The zero-order valence-electron chi connectivity index (χ0n) is 13.9. The van der Waals surface area contributed by atoms with Crippen LogP contribution in [-0.2, 0) is 24.2 Å². The lowest BCUT2D eigenvalue weighted by Gasteiger charge is -2.32. The van der Waals surface area contributed by atoms with E-state index in [0.717, 1.165) is 50.4 Å². The van der Waals surface area contributed by atoms with E-state index in [1.165, 1.54) is 0 Å². The topological polar surface area (TPSA) is 74.0 Å². The number of nitrogens with one attached hydrogen (secondary N) is 1. The maximum absolute atomic E-state index is 12.7. The van der Waals surface area contributed by atoms with Crippen LogP contribution in [0.5, 0.6) is 0 Å². The molecule has 0 radical (unpaired) electrons. The Labute approximate surface area is 141 Å². The zero-order valence-corrected chi connectivity index (χ0v) is 13.9. The molecule has 2 aromatic heterocycles. The second-order valence-corrected chi connectivity index (χ2v) is 6.40. The van der Waals surface area contributed by atoms with Crippen molar-refractivity contribution in [2.24, 2.45) is 0 Å². The Hall–Kier alpha value is -2.15. The van der Waals surface area contributed by atoms with Gasteiger partial charge in [0.1, 0.15) is 23.4 Å². The first-order valence-electron chi connectivity index (χ1n) is 8.76. The third-order valence-electron chi connectivity index (χ3n) is 4.93. The Kier molecular flexibility index (Phi) is 4.10. The number of aryl methyl sites for hydroxylation is 2. The molecule has 128 valence electrons. The maximum atomic E-state index is 12.7. The SMILES string of the molecule is CCn1ccnc1[C@@H]1OCCC[C@H]1NC(=O)c1cnc2n1CCC2. The highest BCUT2D eigenvalue weighted by molar-refractivity contribution is 5.92. The number of carbonyl (C=O) groups is 1. The lowest BCUT2D eigenvalue weighted by atomic mass is 10.0. The van der Waals surface area contributed by atoms with Crippen LogP contribution in [0.15, 0.2) is 18.6 Å². The number of rotatable bonds is 4. The van der Waals surface area contributed by atoms with E-state index in [0.29, 0.717) is 12.3 Å². The molecule has 24 heavy (non-hydrogen) atoms. The molecule has 0 aliphatic carbocycles. The Balaban J connectivity index is 1.54. The number of carbonyl (C=O) groups excluding carboxylic acids is 1. The van der Waals surface area contributed by atoms with E-state index in [1.54, 1.807) is 12.4 Å². The van der Waals surface area contributed by atoms with E-state index < -0.39 is 0 Å². The summed E-state index contributed by atoms with van der Waals surface area (Å²) in [6.07, 6.45) is 9.10. The van der Waals surface area contributed by atoms with Gasteiger partial charge in [-0.25, -0.2) is 9.97 Å². The molecule has 1 fully saturated rings. The van der Waals surface area contributed by atoms with E-state index in [4.69, 9.17) is 4.74 Å². The summed E-state index contributed by atoms with van der Waals surface area (Å²) in [5, 5.41) is 3.16. The first kappa shape index (κ1) is 15.4. The molecular weight excluding hydrogens is 306 g/mol. The standard InChI is InChI=1S/C17H23N5O2/c1-2-21-9-7-18-16(21)15-12(5-4-10-24-15)20-17(23)13-11-19-14-6-3-8-22(13)14/h7,9,11-12,15H,2-6,8,10H2,1H3,(H,20,23)/t12-,15-/m1/s1. The molecule has 0 aromatic carbocycles. The summed E-state index contributed by atoms with van der Waals surface area (Å²) in [7, 11) is 0. The quantitative estimate of drug-likeness (QED) is 0.926. The van der Waals surface area contributed by atoms with Gasteiger partial charge in [0, 0.05) is 38.5 Å². The molecule has 7 nitrogen and oxygen atoms in total. The minimum atomic E-state index is -0.196. The molecule has 0 bridgehead atoms. The van der Waals surface area contributed by atoms with Gasteiger partial charge in [0.05, 0.1) is 12.2 Å². The van der Waals surface area contributed by atoms with Crippen molar-refractivity contribution in [2.75, 3.05) is 6.61 Å². The summed E-state index contributed by atoms with van der Waals surface area (Å²) >= 11 is 0. The molecule has 0 spiro atoms. The minimum Gasteiger partial charge on any atom is -0.368 e. The Morgan fingerprint density at radius 2 is 2.33 bits per heavy atom. The van der Waals surface area contributed by atoms with Gasteiger partial charge in [-0.2, -0.15) is 0 Å². The molecule has 2 aromatic rings. The van der Waals surface area contributed by atoms with Gasteiger partial charge >= 0.3 is 0 Å². The van der Waals surface area contributed by atoms with Crippen LogP contribution in [0.4, 0.5) is 0 Å². The highest BCUT2D eigenvalue weighted by Crippen LogP contribution is 2.28. The number of ether oxygens (including phenoxy) is 1. The van der Waals surface area contributed by atoms with Crippen molar-refractivity contribution in [1.29, 1.82) is 0 Å². The largest absolute Gasteiger partial charge is 0.368 e. The number of imidazole rings is 2. The van der Waals surface area contributed by atoms with E-state index >= 15 is 0 Å². The number of fused-ring (bicyclic) bond motifs is 1. The highest BCUT2D eigenvalue weighted by atomic mass is 16.5. The predicted molar refractivity (Wildman–Crippen MR) is 87.6 cm³/mol. The predicted octanol–water partition coefficient (Wildman–Crippen LogP) is 1.70. The number of aromatic nitrogens is 4. The molecule has 0 unspecified atom stereocenters. The molecule has 0 saturated carbocycles. The summed E-state index contributed by atoms with van der Waals surface area (Å²) < 4.78 is 10.1. The number of nitrogens with zero attached hydrogens (tertiary/aromatic N) is 4. The summed E-state index contributed by atoms with van der Waals surface area (Å²) in [4.78, 5) is 21.6. The number of hydrogen-bond donors (Lipinski definition) is 1. The van der Waals surface area contributed by atoms with Crippen LogP contribution >= 0.6 is 0 Å². The molecule has 7 heteroatoms. The monoisotopic (exact) mass is 329 g/mol. The van der Waals surface area contributed by atoms with Crippen molar-refractivity contribution in [3.05, 3.63) is 35.9 Å². The lowest BCUT2D eigenvalue weighted by Crippen LogP contribution is -2.44. The van der Waals surface area contributed by atoms with Crippen LogP contribution in [0.25, 0.3) is 0 Å². The van der Waals surface area contributed by atoms with Gasteiger partial charge in [-0.1, -0.05) is 0 Å². The first-order valence-corrected chi connectivity index (χ1v) is 8.76. The molecule has 4 rings (SSSR count). The van der Waals surface area contributed by atoms with E-state index in [2.05, 4.69) is 26.8 Å². The van der Waals surface area contributed by atoms with E-state index in [1.807, 2.05) is 10.8 Å². The van der Waals surface area contributed by atoms with Gasteiger partial charge < -0.3 is 19.2 Å². The summed E-state index contributed by atoms with van der Waals surface area (Å²) in [5.74, 6) is 1.84. The molecule has 1 N–H and O–H groups in total. The Morgan fingerprint density at radius 3 is 3.21 bits per heavy atom. The zero-order chi connectivity index (χ0) is 16.5. The van der Waals surface area contributed by atoms with Crippen LogP contribution < -0.4 is 5.32 Å². The molecule has 1 amide bonds. The number of amides is 1. The second kappa shape index (κ2) is 6.39. The van der Waals surface area contributed by atoms with Gasteiger partial charge in [0.15, 0.2) is 0 Å². The van der Waals surface area contributed by atoms with Gasteiger partial charge in [-0.3, -0.25) is 4.79 Å². The summed E-state index contributed by atoms with van der Waals surface area (Å²) in [6.45, 7) is 4.50. The van der Waals surface area contributed by atoms with Crippen molar-refractivity contribution in [2.45, 2.75) is 57.8 Å². The second-order valence-electron chi connectivity index (χ2n) is 6.40. The van der Waals surface area contributed by atoms with Crippen LogP contribution in [0.3, 0.4) is 0 Å². The van der Waals surface area contributed by atoms with Gasteiger partial charge in [-0.05, 0) is 26.2 Å². The first-order chi connectivity index (χ1) is 11.8. The fourth-order valence-electron chi connectivity index (χ4n) is 3.71. The molecule has 2 atom stereocenters. The molecular formula is C17H23N5O2. The Morgan fingerprint density at radius 1 is 1.42 bits per heavy atom. The maximum Gasteiger partial charge on any atom is 0.269 e. The third-order valence-corrected chi connectivity index (χ3v) is 4.93. The summed E-state index contributed by atoms with van der Waals surface area (Å²) in [6, 6.07) is -0.0634. The van der Waals surface area contributed by atoms with Crippen molar-refractivity contribution in [1.82, 2.24) is 24.4 Å². The number of hydrogen-bond acceptors (Lipinski definition) is 4. The molecule has 2 aliphatic rings. The van der Waals surface area contributed by atoms with Gasteiger partial charge in [0.25, 0.3) is 5.91 Å². The highest BCUT2D eigenvalue weighted by Gasteiger charge is 2.33. The van der Waals surface area contributed by atoms with Crippen LogP contribution in [0.2, 0.25) is 0 Å². The van der Waals surface area contributed by atoms with Crippen molar-refractivity contribution >= 4 is 5.91 Å². The smallest absolute Gasteiger partial charge is 0.269 e. The fraction of sp³-hybridized carbons (Fsp3) is 0.588. The average molecular weight is 329 g/mol. The third kappa shape index (κ3) is 2.62. The van der Waals surface area contributed by atoms with Crippen molar-refractivity contribution < 1.29 is 9.53 Å². The minimum absolute atomic E-state index is 0.0634. The van der Waals surface area contributed by atoms with Crippen molar-refractivity contribution in [3.63, 3.8) is 0 Å². The van der Waals surface area contributed by atoms with Gasteiger partial charge in [0.2, 0.25) is 0 Å². The Bertz CT molecular complexity index is 735. The van der Waals surface area contributed by atoms with Crippen LogP contribution in [0, 0.1) is 0 Å². The van der Waals surface area contributed by atoms with Crippen LogP contribution in [0.1, 0.15) is 54.4 Å². The average Bonchev–Trinajstić information content (AvgIpc) is 3.31. The van der Waals surface area contributed by atoms with Crippen LogP contribution in [-0.4, -0.2) is 37.7 Å².